The number of fused-ring (bicyclic) bond motifs is 1. The van der Waals surface area contributed by atoms with Gasteiger partial charge in [0.15, 0.2) is 0 Å². The monoisotopic (exact) mass is 123 g/mol. The van der Waals surface area contributed by atoms with Gasteiger partial charge in [0.05, 0.1) is 12.0 Å². The van der Waals surface area contributed by atoms with Crippen molar-refractivity contribution in [3.63, 3.8) is 0 Å². The normalized spacial score (nSPS) is 24.3. The topological polar surface area (TPSA) is 43.8 Å². The van der Waals surface area contributed by atoms with Crippen molar-refractivity contribution in [1.29, 1.82) is 0 Å². The van der Waals surface area contributed by atoms with Crippen LogP contribution < -0.4 is 5.73 Å². The highest BCUT2D eigenvalue weighted by Gasteiger charge is 2.17. The molecule has 1 aliphatic rings. The lowest BCUT2D eigenvalue weighted by molar-refractivity contribution is 0.678. The Bertz CT molecular complexity index is 216. The zero-order valence-corrected chi connectivity index (χ0v) is 5.12. The molecule has 0 amide bonds. The van der Waals surface area contributed by atoms with Crippen LogP contribution in [0.25, 0.3) is 0 Å². The molecule has 9 heavy (non-hydrogen) atoms. The highest BCUT2D eigenvalue weighted by molar-refractivity contribution is 5.08. The largest absolute Gasteiger partial charge is 0.333 e. The van der Waals surface area contributed by atoms with Gasteiger partial charge in [-0.05, 0) is 6.42 Å². The average molecular weight is 123 g/mol. The molecule has 3 nitrogen and oxygen atoms in total. The number of aryl methyl sites for hydroxylation is 1. The number of aromatic nitrogens is 2. The van der Waals surface area contributed by atoms with Crippen LogP contribution in [0.15, 0.2) is 12.5 Å². The second-order valence-corrected chi connectivity index (χ2v) is 2.41. The maximum Gasteiger partial charge on any atom is 0.0948 e. The van der Waals surface area contributed by atoms with Crippen molar-refractivity contribution >= 4 is 0 Å². The molecule has 3 heteroatoms. The van der Waals surface area contributed by atoms with E-state index in [9.17, 15) is 0 Å². The Labute approximate surface area is 53.5 Å². The van der Waals surface area contributed by atoms with Gasteiger partial charge in [0, 0.05) is 18.8 Å². The molecule has 2 heterocycles. The third kappa shape index (κ3) is 0.580. The van der Waals surface area contributed by atoms with Gasteiger partial charge in [0.2, 0.25) is 0 Å². The first-order chi connectivity index (χ1) is 4.38. The third-order valence-corrected chi connectivity index (χ3v) is 1.81. The van der Waals surface area contributed by atoms with Crippen LogP contribution >= 0.6 is 0 Å². The van der Waals surface area contributed by atoms with E-state index in [1.807, 2.05) is 12.5 Å². The summed E-state index contributed by atoms with van der Waals surface area (Å²) in [5, 5.41) is 0. The smallest absolute Gasteiger partial charge is 0.0948 e. The standard InChI is InChI=1S/C6H9N3/c7-5-1-2-9-4-8-3-6(5)9/h3-5H,1-2,7H2/t5-/m0/s1. The molecule has 0 fully saturated rings. The van der Waals surface area contributed by atoms with E-state index in [2.05, 4.69) is 9.55 Å². The fourth-order valence-corrected chi connectivity index (χ4v) is 1.25. The molecular weight excluding hydrogens is 114 g/mol. The quantitative estimate of drug-likeness (QED) is 0.538. The molecule has 0 spiro atoms. The van der Waals surface area contributed by atoms with E-state index in [4.69, 9.17) is 5.73 Å². The van der Waals surface area contributed by atoms with Crippen LogP contribution in [0.3, 0.4) is 0 Å². The SMILES string of the molecule is N[C@H]1CCn2cncc21. The molecule has 0 saturated heterocycles. The zero-order valence-electron chi connectivity index (χ0n) is 5.12. The maximum absolute atomic E-state index is 5.73. The Morgan fingerprint density at radius 3 is 3.44 bits per heavy atom. The van der Waals surface area contributed by atoms with Crippen molar-refractivity contribution in [3.05, 3.63) is 18.2 Å². The van der Waals surface area contributed by atoms with Crippen LogP contribution in [-0.2, 0) is 6.54 Å². The molecule has 1 aliphatic heterocycles. The molecule has 0 aliphatic carbocycles. The predicted octanol–water partition coefficient (Wildman–Crippen LogP) is 0.287. The Morgan fingerprint density at radius 1 is 1.78 bits per heavy atom. The Hall–Kier alpha value is -0.830. The van der Waals surface area contributed by atoms with Crippen LogP contribution in [0.4, 0.5) is 0 Å². The van der Waals surface area contributed by atoms with Gasteiger partial charge in [-0.25, -0.2) is 4.98 Å². The predicted molar refractivity (Wildman–Crippen MR) is 33.8 cm³/mol. The lowest BCUT2D eigenvalue weighted by Crippen LogP contribution is -2.04. The first-order valence-electron chi connectivity index (χ1n) is 3.13. The van der Waals surface area contributed by atoms with Gasteiger partial charge >= 0.3 is 0 Å². The van der Waals surface area contributed by atoms with Crippen molar-refractivity contribution in [1.82, 2.24) is 9.55 Å². The number of hydrogen-bond acceptors (Lipinski definition) is 2. The minimum absolute atomic E-state index is 0.229. The Kier molecular flexibility index (Phi) is 0.873. The molecule has 2 rings (SSSR count). The molecule has 48 valence electrons. The van der Waals surface area contributed by atoms with Crippen LogP contribution in [-0.4, -0.2) is 9.55 Å². The molecule has 1 aromatic rings. The maximum atomic E-state index is 5.73. The first kappa shape index (κ1) is 4.99. The van der Waals surface area contributed by atoms with Crippen molar-refractivity contribution < 1.29 is 0 Å². The lowest BCUT2D eigenvalue weighted by atomic mass is 10.2. The summed E-state index contributed by atoms with van der Waals surface area (Å²) in [6.07, 6.45) is 4.75. The van der Waals surface area contributed by atoms with Crippen LogP contribution in [0.1, 0.15) is 18.2 Å². The third-order valence-electron chi connectivity index (χ3n) is 1.81. The summed E-state index contributed by atoms with van der Waals surface area (Å²) in [6.45, 7) is 1.04. The molecule has 1 atom stereocenters. The van der Waals surface area contributed by atoms with E-state index < -0.39 is 0 Å². The zero-order chi connectivity index (χ0) is 6.27. The molecule has 0 aromatic carbocycles. The summed E-state index contributed by atoms with van der Waals surface area (Å²) in [7, 11) is 0. The van der Waals surface area contributed by atoms with E-state index in [1.165, 1.54) is 5.69 Å². The van der Waals surface area contributed by atoms with Crippen molar-refractivity contribution in [2.45, 2.75) is 19.0 Å². The summed E-state index contributed by atoms with van der Waals surface area (Å²) < 4.78 is 2.10. The highest BCUT2D eigenvalue weighted by atomic mass is 15.1. The second-order valence-electron chi connectivity index (χ2n) is 2.41. The minimum atomic E-state index is 0.229. The van der Waals surface area contributed by atoms with Gasteiger partial charge in [-0.15, -0.1) is 0 Å². The fraction of sp³-hybridized carbons (Fsp3) is 0.500. The van der Waals surface area contributed by atoms with E-state index in [0.29, 0.717) is 0 Å². The lowest BCUT2D eigenvalue weighted by Gasteiger charge is -1.95. The molecule has 2 N–H and O–H groups in total. The first-order valence-corrected chi connectivity index (χ1v) is 3.13. The molecular formula is C6H9N3. The minimum Gasteiger partial charge on any atom is -0.333 e. The van der Waals surface area contributed by atoms with Gasteiger partial charge < -0.3 is 10.3 Å². The second kappa shape index (κ2) is 1.57. The van der Waals surface area contributed by atoms with E-state index in [0.717, 1.165) is 13.0 Å². The summed E-state index contributed by atoms with van der Waals surface area (Å²) in [6, 6.07) is 0.229. The van der Waals surface area contributed by atoms with Gasteiger partial charge in [-0.3, -0.25) is 0 Å². The highest BCUT2D eigenvalue weighted by Crippen LogP contribution is 2.21. The van der Waals surface area contributed by atoms with Crippen LogP contribution in [0.2, 0.25) is 0 Å². The van der Waals surface area contributed by atoms with Gasteiger partial charge in [0.1, 0.15) is 0 Å². The van der Waals surface area contributed by atoms with E-state index >= 15 is 0 Å². The van der Waals surface area contributed by atoms with Crippen LogP contribution in [0, 0.1) is 0 Å². The van der Waals surface area contributed by atoms with Crippen LogP contribution in [0.5, 0.6) is 0 Å². The molecule has 0 bridgehead atoms. The number of nitrogens with two attached hydrogens (primary N) is 1. The summed E-state index contributed by atoms with van der Waals surface area (Å²) >= 11 is 0. The number of imidazole rings is 1. The molecule has 1 aromatic heterocycles. The van der Waals surface area contributed by atoms with Gasteiger partial charge in [-0.2, -0.15) is 0 Å². The van der Waals surface area contributed by atoms with E-state index in [-0.39, 0.29) is 6.04 Å². The van der Waals surface area contributed by atoms with E-state index in [1.54, 1.807) is 0 Å². The molecule has 0 radical (unpaired) electrons. The number of hydrogen-bond donors (Lipinski definition) is 1. The summed E-state index contributed by atoms with van der Waals surface area (Å²) in [5.41, 5.74) is 6.91. The van der Waals surface area contributed by atoms with Crippen molar-refractivity contribution in [2.24, 2.45) is 5.73 Å². The van der Waals surface area contributed by atoms with Crippen molar-refractivity contribution in [3.8, 4) is 0 Å². The van der Waals surface area contributed by atoms with Gasteiger partial charge in [-0.1, -0.05) is 0 Å². The fourth-order valence-electron chi connectivity index (χ4n) is 1.25. The Balaban J connectivity index is 2.49. The average Bonchev–Trinajstić information content (AvgIpc) is 2.35. The van der Waals surface area contributed by atoms with Gasteiger partial charge in [0.25, 0.3) is 0 Å². The summed E-state index contributed by atoms with van der Waals surface area (Å²) in [5.74, 6) is 0. The molecule has 0 unspecified atom stereocenters. The number of rotatable bonds is 0. The summed E-state index contributed by atoms with van der Waals surface area (Å²) in [4.78, 5) is 3.98. The molecule has 0 saturated carbocycles. The Morgan fingerprint density at radius 2 is 2.67 bits per heavy atom. The van der Waals surface area contributed by atoms with Crippen molar-refractivity contribution in [2.75, 3.05) is 0 Å². The number of nitrogens with zero attached hydrogens (tertiary/aromatic N) is 2.